The zero-order valence-electron chi connectivity index (χ0n) is 5.98. The first-order chi connectivity index (χ1) is 5.43. The highest BCUT2D eigenvalue weighted by Crippen LogP contribution is 1.91. The quantitative estimate of drug-likeness (QED) is 0.411. The van der Waals surface area contributed by atoms with Crippen molar-refractivity contribution in [3.8, 4) is 0 Å². The molecular formula is C5H8N2O4S. The Bertz CT molecular complexity index is 201. The van der Waals surface area contributed by atoms with Crippen LogP contribution in [-0.4, -0.2) is 33.3 Å². The highest BCUT2D eigenvalue weighted by molar-refractivity contribution is 7.80. The van der Waals surface area contributed by atoms with Gasteiger partial charge in [0.05, 0.1) is 6.42 Å². The third kappa shape index (κ3) is 4.45. The third-order valence-electron chi connectivity index (χ3n) is 0.993. The molecule has 5 N–H and O–H groups in total. The fraction of sp³-hybridized carbons (Fsp3) is 0.400. The summed E-state index contributed by atoms with van der Waals surface area (Å²) in [6.45, 7) is 0. The van der Waals surface area contributed by atoms with Crippen LogP contribution in [0.4, 0.5) is 0 Å². The monoisotopic (exact) mass is 192 g/mol. The van der Waals surface area contributed by atoms with Crippen molar-refractivity contribution >= 4 is 29.3 Å². The standard InChI is InChI=1S/C5H8N2O4S/c6-5(12)7-2(4(10)11)1-3(8)9/h2H,1H2,(H,8,9)(H,10,11)(H3,6,7,12)/t2-/m0/s1. The normalized spacial score (nSPS) is 11.7. The second-order valence-corrected chi connectivity index (χ2v) is 2.44. The van der Waals surface area contributed by atoms with Crippen LogP contribution >= 0.6 is 12.2 Å². The maximum Gasteiger partial charge on any atom is 0.326 e. The lowest BCUT2D eigenvalue weighted by molar-refractivity contribution is -0.145. The van der Waals surface area contributed by atoms with Gasteiger partial charge in [-0.2, -0.15) is 0 Å². The average molecular weight is 192 g/mol. The predicted octanol–water partition coefficient (Wildman–Crippen LogP) is -1.25. The van der Waals surface area contributed by atoms with E-state index in [-0.39, 0.29) is 5.11 Å². The molecule has 0 spiro atoms. The van der Waals surface area contributed by atoms with Gasteiger partial charge in [-0.05, 0) is 12.2 Å². The molecule has 0 aliphatic heterocycles. The number of nitrogens with two attached hydrogens (primary N) is 1. The molecule has 0 radical (unpaired) electrons. The average Bonchev–Trinajstić information content (AvgIpc) is 1.83. The Morgan fingerprint density at radius 1 is 1.50 bits per heavy atom. The molecular weight excluding hydrogens is 184 g/mol. The van der Waals surface area contributed by atoms with Crippen LogP contribution in [0.5, 0.6) is 0 Å². The zero-order valence-corrected chi connectivity index (χ0v) is 6.80. The summed E-state index contributed by atoms with van der Waals surface area (Å²) >= 11 is 4.35. The van der Waals surface area contributed by atoms with E-state index in [9.17, 15) is 9.59 Å². The van der Waals surface area contributed by atoms with E-state index < -0.39 is 24.4 Å². The molecule has 0 aromatic heterocycles. The van der Waals surface area contributed by atoms with E-state index in [1.807, 2.05) is 0 Å². The molecule has 68 valence electrons. The predicted molar refractivity (Wildman–Crippen MR) is 43.6 cm³/mol. The lowest BCUT2D eigenvalue weighted by Crippen LogP contribution is -2.44. The molecule has 0 rings (SSSR count). The maximum atomic E-state index is 10.3. The van der Waals surface area contributed by atoms with Crippen molar-refractivity contribution in [2.75, 3.05) is 0 Å². The molecule has 0 aromatic rings. The third-order valence-corrected chi connectivity index (χ3v) is 1.11. The van der Waals surface area contributed by atoms with Gasteiger partial charge in [0.15, 0.2) is 5.11 Å². The van der Waals surface area contributed by atoms with Crippen LogP contribution in [0, 0.1) is 0 Å². The van der Waals surface area contributed by atoms with E-state index in [0.29, 0.717) is 0 Å². The number of rotatable bonds is 4. The molecule has 0 fully saturated rings. The van der Waals surface area contributed by atoms with E-state index in [4.69, 9.17) is 15.9 Å². The first-order valence-electron chi connectivity index (χ1n) is 2.94. The number of carbonyl (C=O) groups is 2. The number of thiocarbonyl (C=S) groups is 1. The van der Waals surface area contributed by atoms with E-state index >= 15 is 0 Å². The van der Waals surface area contributed by atoms with Gasteiger partial charge in [0, 0.05) is 0 Å². The molecule has 0 bridgehead atoms. The highest BCUT2D eigenvalue weighted by atomic mass is 32.1. The summed E-state index contributed by atoms with van der Waals surface area (Å²) in [4.78, 5) is 20.4. The van der Waals surface area contributed by atoms with Gasteiger partial charge in [0.1, 0.15) is 6.04 Å². The minimum absolute atomic E-state index is 0.233. The Hall–Kier alpha value is -1.37. The Balaban J connectivity index is 4.14. The van der Waals surface area contributed by atoms with Crippen molar-refractivity contribution in [3.05, 3.63) is 0 Å². The van der Waals surface area contributed by atoms with Crippen molar-refractivity contribution in [2.45, 2.75) is 12.5 Å². The van der Waals surface area contributed by atoms with Gasteiger partial charge < -0.3 is 21.3 Å². The number of carboxylic acids is 2. The van der Waals surface area contributed by atoms with E-state index in [0.717, 1.165) is 0 Å². The van der Waals surface area contributed by atoms with Gasteiger partial charge in [0.2, 0.25) is 0 Å². The van der Waals surface area contributed by atoms with Gasteiger partial charge >= 0.3 is 11.9 Å². The fourth-order valence-electron chi connectivity index (χ4n) is 0.546. The minimum Gasteiger partial charge on any atom is -0.481 e. The Kier molecular flexibility index (Phi) is 3.98. The zero-order chi connectivity index (χ0) is 9.72. The van der Waals surface area contributed by atoms with Crippen LogP contribution in [0.1, 0.15) is 6.42 Å². The van der Waals surface area contributed by atoms with Gasteiger partial charge in [-0.1, -0.05) is 0 Å². The van der Waals surface area contributed by atoms with Crippen LogP contribution in [0.25, 0.3) is 0 Å². The van der Waals surface area contributed by atoms with E-state index in [1.54, 1.807) is 0 Å². The SMILES string of the molecule is NC(=S)N[C@@H](CC(=O)O)C(=O)O. The van der Waals surface area contributed by atoms with Gasteiger partial charge in [0.25, 0.3) is 0 Å². The molecule has 0 saturated carbocycles. The lowest BCUT2D eigenvalue weighted by Gasteiger charge is -2.10. The van der Waals surface area contributed by atoms with Crippen LogP contribution in [0.3, 0.4) is 0 Å². The second-order valence-electron chi connectivity index (χ2n) is 2.00. The summed E-state index contributed by atoms with van der Waals surface area (Å²) in [5, 5.41) is 18.6. The Labute approximate surface area is 73.4 Å². The summed E-state index contributed by atoms with van der Waals surface area (Å²) in [6, 6.07) is -1.26. The summed E-state index contributed by atoms with van der Waals surface area (Å²) in [7, 11) is 0. The van der Waals surface area contributed by atoms with Crippen molar-refractivity contribution in [1.29, 1.82) is 0 Å². The molecule has 0 aliphatic carbocycles. The van der Waals surface area contributed by atoms with Crippen LogP contribution in [0.2, 0.25) is 0 Å². The van der Waals surface area contributed by atoms with Crippen molar-refractivity contribution in [2.24, 2.45) is 5.73 Å². The molecule has 7 heteroatoms. The van der Waals surface area contributed by atoms with Crippen molar-refractivity contribution < 1.29 is 19.8 Å². The van der Waals surface area contributed by atoms with Crippen molar-refractivity contribution in [3.63, 3.8) is 0 Å². The van der Waals surface area contributed by atoms with Crippen molar-refractivity contribution in [1.82, 2.24) is 5.32 Å². The van der Waals surface area contributed by atoms with Crippen LogP contribution in [-0.2, 0) is 9.59 Å². The molecule has 0 aliphatic rings. The number of hydrogen-bond donors (Lipinski definition) is 4. The van der Waals surface area contributed by atoms with E-state index in [1.165, 1.54) is 0 Å². The number of carboxylic acid groups (broad SMARTS) is 2. The summed E-state index contributed by atoms with van der Waals surface area (Å²) in [5.74, 6) is -2.53. The number of hydrogen-bond acceptors (Lipinski definition) is 3. The summed E-state index contributed by atoms with van der Waals surface area (Å²) < 4.78 is 0. The number of nitrogens with one attached hydrogen (secondary N) is 1. The largest absolute Gasteiger partial charge is 0.481 e. The highest BCUT2D eigenvalue weighted by Gasteiger charge is 2.20. The second kappa shape index (κ2) is 4.50. The smallest absolute Gasteiger partial charge is 0.326 e. The molecule has 12 heavy (non-hydrogen) atoms. The van der Waals surface area contributed by atoms with E-state index in [2.05, 4.69) is 17.5 Å². The first kappa shape index (κ1) is 10.6. The molecule has 0 amide bonds. The molecule has 0 heterocycles. The summed E-state index contributed by atoms with van der Waals surface area (Å²) in [5.41, 5.74) is 4.97. The Morgan fingerprint density at radius 3 is 2.25 bits per heavy atom. The molecule has 6 nitrogen and oxygen atoms in total. The minimum atomic E-state index is -1.30. The van der Waals surface area contributed by atoms with Crippen LogP contribution < -0.4 is 11.1 Å². The fourth-order valence-corrected chi connectivity index (χ4v) is 0.689. The maximum absolute atomic E-state index is 10.3. The van der Waals surface area contributed by atoms with Gasteiger partial charge in [-0.3, -0.25) is 4.79 Å². The first-order valence-corrected chi connectivity index (χ1v) is 3.35. The molecule has 1 atom stereocenters. The molecule has 0 aromatic carbocycles. The topological polar surface area (TPSA) is 113 Å². The molecule has 0 unspecified atom stereocenters. The number of aliphatic carboxylic acids is 2. The van der Waals surface area contributed by atoms with Crippen LogP contribution in [0.15, 0.2) is 0 Å². The summed E-state index contributed by atoms with van der Waals surface area (Å²) in [6.07, 6.45) is -0.563. The lowest BCUT2D eigenvalue weighted by atomic mass is 10.2. The van der Waals surface area contributed by atoms with Gasteiger partial charge in [-0.15, -0.1) is 0 Å². The van der Waals surface area contributed by atoms with Gasteiger partial charge in [-0.25, -0.2) is 4.79 Å². The Morgan fingerprint density at radius 2 is 2.00 bits per heavy atom. The molecule has 0 saturated heterocycles.